The maximum atomic E-state index is 13.8. The average molecular weight is 239 g/mol. The first-order valence-corrected chi connectivity index (χ1v) is 6.24. The summed E-state index contributed by atoms with van der Waals surface area (Å²) in [5, 5.41) is 3.00. The van der Waals surface area contributed by atoms with Crippen LogP contribution in [0.5, 0.6) is 0 Å². The van der Waals surface area contributed by atoms with Gasteiger partial charge in [0.15, 0.2) is 0 Å². The highest BCUT2D eigenvalue weighted by molar-refractivity contribution is 5.20. The van der Waals surface area contributed by atoms with Crippen molar-refractivity contribution in [1.82, 2.24) is 5.32 Å². The maximum absolute atomic E-state index is 13.8. The molecule has 0 bridgehead atoms. The molecule has 1 N–H and O–H groups in total. The van der Waals surface area contributed by atoms with E-state index in [1.54, 1.807) is 18.2 Å². The molecule has 1 nitrogen and oxygen atoms in total. The Morgan fingerprint density at radius 2 is 1.94 bits per heavy atom. The molecule has 1 fully saturated rings. The van der Waals surface area contributed by atoms with Crippen molar-refractivity contribution in [2.75, 3.05) is 6.54 Å². The van der Waals surface area contributed by atoms with Crippen molar-refractivity contribution in [3.8, 4) is 0 Å². The summed E-state index contributed by atoms with van der Waals surface area (Å²) in [6.45, 7) is 1.92. The standard InChI is InChI=1S/C14H19F2N/c1-11-7-8-13(9-11)17-10-14(15,16)12-5-3-2-4-6-12/h2-6,11,13,17H,7-10H2,1H3. The molecule has 2 rings (SSSR count). The molecule has 0 spiro atoms. The van der Waals surface area contributed by atoms with Crippen molar-refractivity contribution >= 4 is 0 Å². The van der Waals surface area contributed by atoms with Gasteiger partial charge in [0.05, 0.1) is 6.54 Å². The van der Waals surface area contributed by atoms with E-state index in [0.717, 1.165) is 19.3 Å². The Hall–Kier alpha value is -0.960. The Bertz CT molecular complexity index is 350. The molecule has 0 aliphatic heterocycles. The number of hydrogen-bond acceptors (Lipinski definition) is 1. The van der Waals surface area contributed by atoms with E-state index in [-0.39, 0.29) is 18.2 Å². The summed E-state index contributed by atoms with van der Waals surface area (Å²) in [5.41, 5.74) is 0.0959. The Kier molecular flexibility index (Phi) is 3.77. The van der Waals surface area contributed by atoms with Gasteiger partial charge < -0.3 is 5.32 Å². The van der Waals surface area contributed by atoms with Crippen molar-refractivity contribution in [2.24, 2.45) is 5.92 Å². The van der Waals surface area contributed by atoms with Crippen LogP contribution in [0, 0.1) is 5.92 Å². The third kappa shape index (κ3) is 3.25. The second-order valence-corrected chi connectivity index (χ2v) is 5.07. The smallest absolute Gasteiger partial charge is 0.285 e. The summed E-state index contributed by atoms with van der Waals surface area (Å²) in [5.74, 6) is -2.11. The van der Waals surface area contributed by atoms with Gasteiger partial charge in [-0.1, -0.05) is 37.3 Å². The average Bonchev–Trinajstić information content (AvgIpc) is 2.74. The number of rotatable bonds is 4. The van der Waals surface area contributed by atoms with Crippen LogP contribution < -0.4 is 5.32 Å². The number of hydrogen-bond donors (Lipinski definition) is 1. The van der Waals surface area contributed by atoms with E-state index < -0.39 is 5.92 Å². The van der Waals surface area contributed by atoms with Gasteiger partial charge in [0.25, 0.3) is 5.92 Å². The van der Waals surface area contributed by atoms with Gasteiger partial charge in [0.1, 0.15) is 0 Å². The fraction of sp³-hybridized carbons (Fsp3) is 0.571. The van der Waals surface area contributed by atoms with Gasteiger partial charge in [-0.3, -0.25) is 0 Å². The van der Waals surface area contributed by atoms with Gasteiger partial charge in [0, 0.05) is 11.6 Å². The molecule has 17 heavy (non-hydrogen) atoms. The second kappa shape index (κ2) is 5.13. The van der Waals surface area contributed by atoms with Crippen LogP contribution >= 0.6 is 0 Å². The van der Waals surface area contributed by atoms with Gasteiger partial charge in [-0.25, -0.2) is 0 Å². The molecule has 2 atom stereocenters. The summed E-state index contributed by atoms with van der Waals surface area (Å²) in [6, 6.07) is 8.30. The Morgan fingerprint density at radius 3 is 2.53 bits per heavy atom. The first-order chi connectivity index (χ1) is 8.08. The topological polar surface area (TPSA) is 12.0 Å². The summed E-state index contributed by atoms with van der Waals surface area (Å²) < 4.78 is 27.7. The van der Waals surface area contributed by atoms with Gasteiger partial charge >= 0.3 is 0 Å². The molecule has 0 radical (unpaired) electrons. The van der Waals surface area contributed by atoms with Crippen molar-refractivity contribution in [3.63, 3.8) is 0 Å². The zero-order valence-electron chi connectivity index (χ0n) is 10.1. The lowest BCUT2D eigenvalue weighted by molar-refractivity contribution is -0.00565. The van der Waals surface area contributed by atoms with E-state index in [9.17, 15) is 8.78 Å². The van der Waals surface area contributed by atoms with Crippen LogP contribution in [0.4, 0.5) is 8.78 Å². The van der Waals surface area contributed by atoms with Gasteiger partial charge in [-0.05, 0) is 25.2 Å². The zero-order chi connectivity index (χ0) is 12.3. The first kappa shape index (κ1) is 12.5. The van der Waals surface area contributed by atoms with Gasteiger partial charge in [-0.2, -0.15) is 8.78 Å². The van der Waals surface area contributed by atoms with Crippen LogP contribution in [0.2, 0.25) is 0 Å². The fourth-order valence-corrected chi connectivity index (χ4v) is 2.45. The predicted octanol–water partition coefficient (Wildman–Crippen LogP) is 3.56. The number of alkyl halides is 2. The summed E-state index contributed by atoms with van der Waals surface area (Å²) in [4.78, 5) is 0. The molecule has 1 aliphatic rings. The van der Waals surface area contributed by atoms with Crippen molar-refractivity contribution in [1.29, 1.82) is 0 Å². The highest BCUT2D eigenvalue weighted by atomic mass is 19.3. The molecule has 1 aliphatic carbocycles. The Balaban J connectivity index is 1.89. The Labute approximate surface area is 101 Å². The van der Waals surface area contributed by atoms with Crippen molar-refractivity contribution in [2.45, 2.75) is 38.2 Å². The van der Waals surface area contributed by atoms with E-state index >= 15 is 0 Å². The SMILES string of the molecule is CC1CCC(NCC(F)(F)c2ccccc2)C1. The minimum atomic E-state index is -2.77. The van der Waals surface area contributed by atoms with E-state index in [1.165, 1.54) is 12.1 Å². The molecule has 0 saturated heterocycles. The molecular formula is C14H19F2N. The second-order valence-electron chi connectivity index (χ2n) is 5.07. The molecule has 2 unspecified atom stereocenters. The number of benzene rings is 1. The van der Waals surface area contributed by atoms with Crippen LogP contribution in [-0.2, 0) is 5.92 Å². The minimum Gasteiger partial charge on any atom is -0.308 e. The number of nitrogens with one attached hydrogen (secondary N) is 1. The van der Waals surface area contributed by atoms with E-state index in [0.29, 0.717) is 5.92 Å². The lowest BCUT2D eigenvalue weighted by Crippen LogP contribution is -2.36. The van der Waals surface area contributed by atoms with E-state index in [2.05, 4.69) is 12.2 Å². The Morgan fingerprint density at radius 1 is 1.24 bits per heavy atom. The third-order valence-electron chi connectivity index (χ3n) is 3.50. The number of halogens is 2. The minimum absolute atomic E-state index is 0.0959. The quantitative estimate of drug-likeness (QED) is 0.847. The lowest BCUT2D eigenvalue weighted by atomic mass is 10.1. The normalized spacial score (nSPS) is 25.1. The van der Waals surface area contributed by atoms with Crippen LogP contribution in [0.25, 0.3) is 0 Å². The highest BCUT2D eigenvalue weighted by Crippen LogP contribution is 2.29. The highest BCUT2D eigenvalue weighted by Gasteiger charge is 2.32. The first-order valence-electron chi connectivity index (χ1n) is 6.24. The zero-order valence-corrected chi connectivity index (χ0v) is 10.1. The summed E-state index contributed by atoms with van der Waals surface area (Å²) in [6.07, 6.45) is 3.19. The van der Waals surface area contributed by atoms with Gasteiger partial charge in [0.2, 0.25) is 0 Å². The van der Waals surface area contributed by atoms with Crippen molar-refractivity contribution in [3.05, 3.63) is 35.9 Å². The molecule has 3 heteroatoms. The molecule has 94 valence electrons. The lowest BCUT2D eigenvalue weighted by Gasteiger charge is -2.20. The largest absolute Gasteiger partial charge is 0.308 e. The van der Waals surface area contributed by atoms with Crippen LogP contribution in [0.1, 0.15) is 31.7 Å². The van der Waals surface area contributed by atoms with Crippen LogP contribution in [0.15, 0.2) is 30.3 Å². The molecule has 0 heterocycles. The molecule has 1 aromatic carbocycles. The monoisotopic (exact) mass is 239 g/mol. The molecule has 0 amide bonds. The third-order valence-corrected chi connectivity index (χ3v) is 3.50. The van der Waals surface area contributed by atoms with Crippen LogP contribution in [0.3, 0.4) is 0 Å². The predicted molar refractivity (Wildman–Crippen MR) is 65.1 cm³/mol. The van der Waals surface area contributed by atoms with Crippen LogP contribution in [-0.4, -0.2) is 12.6 Å². The van der Waals surface area contributed by atoms with E-state index in [4.69, 9.17) is 0 Å². The van der Waals surface area contributed by atoms with Gasteiger partial charge in [-0.15, -0.1) is 0 Å². The maximum Gasteiger partial charge on any atom is 0.285 e. The molecule has 0 aromatic heterocycles. The molecular weight excluding hydrogens is 220 g/mol. The molecule has 1 saturated carbocycles. The molecule has 1 aromatic rings. The van der Waals surface area contributed by atoms with Crippen molar-refractivity contribution < 1.29 is 8.78 Å². The fourth-order valence-electron chi connectivity index (χ4n) is 2.45. The summed E-state index contributed by atoms with van der Waals surface area (Å²) in [7, 11) is 0. The summed E-state index contributed by atoms with van der Waals surface area (Å²) >= 11 is 0. The van der Waals surface area contributed by atoms with E-state index in [1.807, 2.05) is 0 Å².